The highest BCUT2D eigenvalue weighted by atomic mass is 16.6. The molecule has 0 aromatic carbocycles. The Morgan fingerprint density at radius 2 is 1.96 bits per heavy atom. The number of cyclic esters (lactones) is 1. The Morgan fingerprint density at radius 1 is 1.30 bits per heavy atom. The van der Waals surface area contributed by atoms with Crippen LogP contribution in [0.1, 0.15) is 40.5 Å². The fraction of sp³-hybridized carbons (Fsp3) is 0.611. The maximum Gasteiger partial charge on any atom is 0.330 e. The SMILES string of the molecule is CO[C@H]1/C=C/[C@@](C)(O)/C=C/C(=O)O[C@H](C)[C@@](C)(O)CC/C=C/1C. The zero-order chi connectivity index (χ0) is 17.7. The summed E-state index contributed by atoms with van der Waals surface area (Å²) in [5.41, 5.74) is -1.45. The summed E-state index contributed by atoms with van der Waals surface area (Å²) in [6.07, 6.45) is 7.99. The molecular weight excluding hydrogens is 296 g/mol. The molecule has 130 valence electrons. The predicted molar refractivity (Wildman–Crippen MR) is 88.9 cm³/mol. The van der Waals surface area contributed by atoms with Gasteiger partial charge in [0.2, 0.25) is 0 Å². The molecular formula is C18H28O5. The average Bonchev–Trinajstić information content (AvgIpc) is 2.44. The molecule has 1 heterocycles. The summed E-state index contributed by atoms with van der Waals surface area (Å²) in [4.78, 5) is 11.8. The molecule has 23 heavy (non-hydrogen) atoms. The summed E-state index contributed by atoms with van der Waals surface area (Å²) in [7, 11) is 1.59. The van der Waals surface area contributed by atoms with E-state index in [2.05, 4.69) is 0 Å². The smallest absolute Gasteiger partial charge is 0.330 e. The van der Waals surface area contributed by atoms with Crippen LogP contribution in [0.15, 0.2) is 36.0 Å². The highest BCUT2D eigenvalue weighted by molar-refractivity contribution is 5.82. The molecule has 1 rings (SSSR count). The van der Waals surface area contributed by atoms with E-state index >= 15 is 0 Å². The van der Waals surface area contributed by atoms with E-state index in [9.17, 15) is 15.0 Å². The number of methoxy groups -OCH3 is 1. The minimum atomic E-state index is -1.30. The number of aliphatic hydroxyl groups is 2. The van der Waals surface area contributed by atoms with Crippen LogP contribution in [0.25, 0.3) is 0 Å². The molecule has 0 aromatic heterocycles. The van der Waals surface area contributed by atoms with E-state index in [1.165, 1.54) is 12.2 Å². The summed E-state index contributed by atoms with van der Waals surface area (Å²) in [5.74, 6) is -0.599. The van der Waals surface area contributed by atoms with Crippen molar-refractivity contribution in [3.05, 3.63) is 36.0 Å². The van der Waals surface area contributed by atoms with Gasteiger partial charge >= 0.3 is 5.97 Å². The van der Waals surface area contributed by atoms with Gasteiger partial charge < -0.3 is 19.7 Å². The first-order valence-corrected chi connectivity index (χ1v) is 7.81. The van der Waals surface area contributed by atoms with Crippen LogP contribution in [0.5, 0.6) is 0 Å². The monoisotopic (exact) mass is 324 g/mol. The number of hydrogen-bond donors (Lipinski definition) is 2. The van der Waals surface area contributed by atoms with Gasteiger partial charge in [-0.2, -0.15) is 0 Å². The van der Waals surface area contributed by atoms with E-state index in [0.717, 1.165) is 5.57 Å². The fourth-order valence-corrected chi connectivity index (χ4v) is 2.24. The molecule has 4 atom stereocenters. The van der Waals surface area contributed by atoms with Crippen LogP contribution in [-0.4, -0.2) is 46.7 Å². The lowest BCUT2D eigenvalue weighted by molar-refractivity contribution is -0.156. The van der Waals surface area contributed by atoms with Crippen LogP contribution < -0.4 is 0 Å². The second-order valence-electron chi connectivity index (χ2n) is 6.50. The number of rotatable bonds is 1. The number of carbonyl (C=O) groups excluding carboxylic acids is 1. The third kappa shape index (κ3) is 6.29. The molecule has 1 aliphatic rings. The van der Waals surface area contributed by atoms with Crippen molar-refractivity contribution in [1.82, 2.24) is 0 Å². The van der Waals surface area contributed by atoms with E-state index in [-0.39, 0.29) is 6.10 Å². The molecule has 0 saturated carbocycles. The van der Waals surface area contributed by atoms with Gasteiger partial charge in [0, 0.05) is 13.2 Å². The van der Waals surface area contributed by atoms with Gasteiger partial charge in [0.1, 0.15) is 6.10 Å². The minimum Gasteiger partial charge on any atom is -0.456 e. The second kappa shape index (κ2) is 7.90. The second-order valence-corrected chi connectivity index (χ2v) is 6.50. The van der Waals surface area contributed by atoms with Crippen molar-refractivity contribution in [2.24, 2.45) is 0 Å². The molecule has 0 fully saturated rings. The van der Waals surface area contributed by atoms with Gasteiger partial charge in [-0.1, -0.05) is 18.2 Å². The van der Waals surface area contributed by atoms with Crippen LogP contribution >= 0.6 is 0 Å². The van der Waals surface area contributed by atoms with E-state index in [0.29, 0.717) is 12.8 Å². The van der Waals surface area contributed by atoms with Crippen LogP contribution in [0, 0.1) is 0 Å². The molecule has 0 radical (unpaired) electrons. The highest BCUT2D eigenvalue weighted by Crippen LogP contribution is 2.22. The summed E-state index contributed by atoms with van der Waals surface area (Å²) in [6, 6.07) is 0. The molecule has 0 unspecified atom stereocenters. The predicted octanol–water partition coefficient (Wildman–Crippen LogP) is 2.29. The van der Waals surface area contributed by atoms with E-state index in [1.54, 1.807) is 40.0 Å². The normalized spacial score (nSPS) is 42.0. The quantitative estimate of drug-likeness (QED) is 0.572. The fourth-order valence-electron chi connectivity index (χ4n) is 2.24. The maximum absolute atomic E-state index is 11.8. The molecule has 5 heteroatoms. The van der Waals surface area contributed by atoms with Gasteiger partial charge in [-0.05, 0) is 52.2 Å². The first-order valence-electron chi connectivity index (χ1n) is 7.81. The van der Waals surface area contributed by atoms with Crippen molar-refractivity contribution in [2.45, 2.75) is 63.9 Å². The van der Waals surface area contributed by atoms with Crippen molar-refractivity contribution in [1.29, 1.82) is 0 Å². The number of allylic oxidation sites excluding steroid dienone is 1. The molecule has 2 N–H and O–H groups in total. The van der Waals surface area contributed by atoms with Gasteiger partial charge in [-0.3, -0.25) is 0 Å². The van der Waals surface area contributed by atoms with Gasteiger partial charge in [0.05, 0.1) is 17.3 Å². The Hall–Kier alpha value is -1.43. The van der Waals surface area contributed by atoms with Gasteiger partial charge in [-0.15, -0.1) is 0 Å². The Morgan fingerprint density at radius 3 is 2.57 bits per heavy atom. The standard InChI is InChI=1S/C18H28O5/c1-13-7-6-10-18(4,21)14(2)23-16(19)9-12-17(3,20)11-8-15(13)22-5/h7-9,11-12,14-15,20-21H,6,10H2,1-5H3/b11-8+,12-9+,13-7+/t14-,15+,17-,18+/m1/s1. The lowest BCUT2D eigenvalue weighted by Crippen LogP contribution is -2.40. The molecule has 0 aromatic rings. The Kier molecular flexibility index (Phi) is 6.74. The summed E-state index contributed by atoms with van der Waals surface area (Å²) < 4.78 is 10.6. The van der Waals surface area contributed by atoms with Crippen LogP contribution in [0.3, 0.4) is 0 Å². The largest absolute Gasteiger partial charge is 0.456 e. The molecule has 0 saturated heterocycles. The topological polar surface area (TPSA) is 76.0 Å². The molecule has 0 amide bonds. The number of ether oxygens (including phenoxy) is 2. The molecule has 1 aliphatic heterocycles. The number of carbonyl (C=O) groups is 1. The average molecular weight is 324 g/mol. The number of esters is 1. The van der Waals surface area contributed by atoms with Crippen LogP contribution in [-0.2, 0) is 14.3 Å². The summed E-state index contributed by atoms with van der Waals surface area (Å²) in [5, 5.41) is 20.7. The molecule has 0 bridgehead atoms. The zero-order valence-corrected chi connectivity index (χ0v) is 14.6. The number of hydrogen-bond acceptors (Lipinski definition) is 5. The Balaban J connectivity index is 3.13. The Labute approximate surface area is 138 Å². The van der Waals surface area contributed by atoms with Gasteiger partial charge in [0.15, 0.2) is 0 Å². The maximum atomic E-state index is 11.8. The third-order valence-electron chi connectivity index (χ3n) is 4.15. The molecule has 0 spiro atoms. The lowest BCUT2D eigenvalue weighted by Gasteiger charge is -2.29. The zero-order valence-electron chi connectivity index (χ0n) is 14.6. The van der Waals surface area contributed by atoms with E-state index in [1.807, 2.05) is 13.0 Å². The minimum absolute atomic E-state index is 0.271. The van der Waals surface area contributed by atoms with Crippen molar-refractivity contribution in [3.8, 4) is 0 Å². The van der Waals surface area contributed by atoms with Gasteiger partial charge in [-0.25, -0.2) is 4.79 Å². The van der Waals surface area contributed by atoms with E-state index in [4.69, 9.17) is 9.47 Å². The van der Waals surface area contributed by atoms with Gasteiger partial charge in [0.25, 0.3) is 0 Å². The van der Waals surface area contributed by atoms with Crippen LogP contribution in [0.4, 0.5) is 0 Å². The van der Waals surface area contributed by atoms with E-state index < -0.39 is 23.3 Å². The van der Waals surface area contributed by atoms with Crippen molar-refractivity contribution in [2.75, 3.05) is 7.11 Å². The molecule has 5 nitrogen and oxygen atoms in total. The van der Waals surface area contributed by atoms with Crippen molar-refractivity contribution >= 4 is 5.97 Å². The summed E-state index contributed by atoms with van der Waals surface area (Å²) in [6.45, 7) is 6.80. The van der Waals surface area contributed by atoms with Crippen molar-refractivity contribution < 1.29 is 24.5 Å². The first-order chi connectivity index (χ1) is 10.6. The first kappa shape index (κ1) is 19.6. The highest BCUT2D eigenvalue weighted by Gasteiger charge is 2.30. The third-order valence-corrected chi connectivity index (χ3v) is 4.15. The van der Waals surface area contributed by atoms with Crippen molar-refractivity contribution in [3.63, 3.8) is 0 Å². The lowest BCUT2D eigenvalue weighted by atomic mass is 9.93. The summed E-state index contributed by atoms with van der Waals surface area (Å²) >= 11 is 0. The molecule has 0 aliphatic carbocycles. The Bertz CT molecular complexity index is 500. The van der Waals surface area contributed by atoms with Crippen LogP contribution in [0.2, 0.25) is 0 Å².